The second kappa shape index (κ2) is 12.1. The number of rotatable bonds is 12. The number of carboxylic acids is 1. The first kappa shape index (κ1) is 23.6. The molecule has 0 radical (unpaired) electrons. The molecule has 1 N–H and O–H groups in total. The summed E-state index contributed by atoms with van der Waals surface area (Å²) in [5.74, 6) is -1.19. The Morgan fingerprint density at radius 1 is 0.967 bits per heavy atom. The van der Waals surface area contributed by atoms with E-state index in [1.165, 1.54) is 25.3 Å². The molecule has 162 valence electrons. The highest BCUT2D eigenvalue weighted by Gasteiger charge is 2.11. The SMILES string of the molecule is CCCCCCCC(=O)N(C)Cc1cccc(-c2ccc(CCC(=O)O)c(F)c2)c1. The Morgan fingerprint density at radius 2 is 1.70 bits per heavy atom. The first-order chi connectivity index (χ1) is 14.4. The lowest BCUT2D eigenvalue weighted by Gasteiger charge is -2.18. The van der Waals surface area contributed by atoms with Crippen molar-refractivity contribution in [2.45, 2.75) is 64.8 Å². The van der Waals surface area contributed by atoms with Gasteiger partial charge in [-0.05, 0) is 47.2 Å². The van der Waals surface area contributed by atoms with Gasteiger partial charge in [0.1, 0.15) is 5.82 Å². The van der Waals surface area contributed by atoms with Gasteiger partial charge in [0.15, 0.2) is 0 Å². The smallest absolute Gasteiger partial charge is 0.303 e. The van der Waals surface area contributed by atoms with Crippen LogP contribution in [0.3, 0.4) is 0 Å². The Bertz CT molecular complexity index is 850. The summed E-state index contributed by atoms with van der Waals surface area (Å²) in [6, 6.07) is 12.7. The summed E-state index contributed by atoms with van der Waals surface area (Å²) in [4.78, 5) is 24.8. The number of carbonyl (C=O) groups is 2. The zero-order valence-corrected chi connectivity index (χ0v) is 18.0. The minimum absolute atomic E-state index is 0.0925. The van der Waals surface area contributed by atoms with Crippen LogP contribution in [0.2, 0.25) is 0 Å². The number of benzene rings is 2. The lowest BCUT2D eigenvalue weighted by atomic mass is 9.99. The standard InChI is InChI=1S/C25H32FNO3/c1-3-4-5-6-7-11-24(28)27(2)18-19-9-8-10-21(16-19)22-13-12-20(23(26)17-22)14-15-25(29)30/h8-10,12-13,16-17H,3-7,11,14-15,18H2,1-2H3,(H,29,30). The zero-order chi connectivity index (χ0) is 21.9. The number of unbranched alkanes of at least 4 members (excludes halogenated alkanes) is 4. The predicted octanol–water partition coefficient (Wildman–Crippen LogP) is 5.83. The van der Waals surface area contributed by atoms with Crippen LogP contribution in [0, 0.1) is 5.82 Å². The van der Waals surface area contributed by atoms with E-state index in [9.17, 15) is 14.0 Å². The molecule has 0 aliphatic heterocycles. The van der Waals surface area contributed by atoms with E-state index in [1.54, 1.807) is 11.0 Å². The molecule has 0 saturated heterocycles. The molecule has 0 aliphatic carbocycles. The van der Waals surface area contributed by atoms with Crippen LogP contribution in [0.5, 0.6) is 0 Å². The first-order valence-electron chi connectivity index (χ1n) is 10.7. The van der Waals surface area contributed by atoms with Crippen LogP contribution in [0.15, 0.2) is 42.5 Å². The summed E-state index contributed by atoms with van der Waals surface area (Å²) in [5, 5.41) is 8.77. The monoisotopic (exact) mass is 413 g/mol. The number of nitrogens with zero attached hydrogens (tertiary/aromatic N) is 1. The Morgan fingerprint density at radius 3 is 2.40 bits per heavy atom. The van der Waals surface area contributed by atoms with E-state index in [4.69, 9.17) is 5.11 Å². The second-order valence-electron chi connectivity index (χ2n) is 7.81. The van der Waals surface area contributed by atoms with Crippen LogP contribution >= 0.6 is 0 Å². The summed E-state index contributed by atoms with van der Waals surface area (Å²) >= 11 is 0. The quantitative estimate of drug-likeness (QED) is 0.446. The molecule has 0 bridgehead atoms. The molecule has 0 atom stereocenters. The van der Waals surface area contributed by atoms with Crippen LogP contribution in [0.1, 0.15) is 63.0 Å². The van der Waals surface area contributed by atoms with Crippen molar-refractivity contribution in [1.29, 1.82) is 0 Å². The van der Waals surface area contributed by atoms with Gasteiger partial charge in [0.25, 0.3) is 0 Å². The molecule has 2 aromatic rings. The van der Waals surface area contributed by atoms with Crippen molar-refractivity contribution in [2.75, 3.05) is 7.05 Å². The van der Waals surface area contributed by atoms with E-state index in [0.29, 0.717) is 18.5 Å². The van der Waals surface area contributed by atoms with E-state index in [-0.39, 0.29) is 18.7 Å². The number of aliphatic carboxylic acids is 1. The zero-order valence-electron chi connectivity index (χ0n) is 18.0. The molecule has 0 saturated carbocycles. The first-order valence-corrected chi connectivity index (χ1v) is 10.7. The van der Waals surface area contributed by atoms with E-state index in [0.717, 1.165) is 29.5 Å². The van der Waals surface area contributed by atoms with E-state index < -0.39 is 11.8 Å². The van der Waals surface area contributed by atoms with E-state index in [1.807, 2.05) is 37.4 Å². The molecular formula is C25H32FNO3. The van der Waals surface area contributed by atoms with Crippen molar-refractivity contribution in [2.24, 2.45) is 0 Å². The minimum atomic E-state index is -0.939. The highest BCUT2D eigenvalue weighted by atomic mass is 19.1. The number of carbonyl (C=O) groups excluding carboxylic acids is 1. The van der Waals surface area contributed by atoms with Crippen molar-refractivity contribution in [3.8, 4) is 11.1 Å². The molecule has 0 heterocycles. The number of hydrogen-bond donors (Lipinski definition) is 1. The molecule has 2 rings (SSSR count). The lowest BCUT2D eigenvalue weighted by Crippen LogP contribution is -2.25. The van der Waals surface area contributed by atoms with Gasteiger partial charge >= 0.3 is 5.97 Å². The molecular weight excluding hydrogens is 381 g/mol. The van der Waals surface area contributed by atoms with Crippen LogP contribution in [-0.2, 0) is 22.6 Å². The van der Waals surface area contributed by atoms with E-state index >= 15 is 0 Å². The third-order valence-corrected chi connectivity index (χ3v) is 5.26. The molecule has 0 aliphatic rings. The summed E-state index contributed by atoms with van der Waals surface area (Å²) in [7, 11) is 1.82. The predicted molar refractivity (Wildman–Crippen MR) is 118 cm³/mol. The lowest BCUT2D eigenvalue weighted by molar-refractivity contribution is -0.137. The molecule has 0 spiro atoms. The van der Waals surface area contributed by atoms with Gasteiger partial charge in [-0.25, -0.2) is 4.39 Å². The number of aryl methyl sites for hydroxylation is 1. The Balaban J connectivity index is 1.98. The van der Waals surface area contributed by atoms with E-state index in [2.05, 4.69) is 6.92 Å². The number of hydrogen-bond acceptors (Lipinski definition) is 2. The molecule has 0 unspecified atom stereocenters. The third-order valence-electron chi connectivity index (χ3n) is 5.26. The molecule has 0 fully saturated rings. The second-order valence-corrected chi connectivity index (χ2v) is 7.81. The maximum absolute atomic E-state index is 14.4. The normalized spacial score (nSPS) is 10.8. The number of carboxylic acid groups (broad SMARTS) is 1. The summed E-state index contributed by atoms with van der Waals surface area (Å²) in [6.07, 6.45) is 6.27. The van der Waals surface area contributed by atoms with Gasteiger partial charge in [-0.1, -0.05) is 62.9 Å². The molecule has 30 heavy (non-hydrogen) atoms. The van der Waals surface area contributed by atoms with Gasteiger partial charge in [-0.2, -0.15) is 0 Å². The maximum Gasteiger partial charge on any atom is 0.303 e. The fourth-order valence-electron chi connectivity index (χ4n) is 3.45. The van der Waals surface area contributed by atoms with Crippen LogP contribution in [0.4, 0.5) is 4.39 Å². The van der Waals surface area contributed by atoms with Crippen LogP contribution in [0.25, 0.3) is 11.1 Å². The molecule has 4 nitrogen and oxygen atoms in total. The van der Waals surface area contributed by atoms with Gasteiger partial charge in [0, 0.05) is 26.4 Å². The minimum Gasteiger partial charge on any atom is -0.481 e. The molecule has 0 aromatic heterocycles. The van der Waals surface area contributed by atoms with Crippen LogP contribution < -0.4 is 0 Å². The van der Waals surface area contributed by atoms with Crippen molar-refractivity contribution in [1.82, 2.24) is 4.90 Å². The highest BCUT2D eigenvalue weighted by molar-refractivity contribution is 5.76. The average molecular weight is 414 g/mol. The maximum atomic E-state index is 14.4. The fraction of sp³-hybridized carbons (Fsp3) is 0.440. The number of halogens is 1. The van der Waals surface area contributed by atoms with Gasteiger partial charge in [-0.3, -0.25) is 9.59 Å². The Labute approximate surface area is 178 Å². The summed E-state index contributed by atoms with van der Waals surface area (Å²) in [5.41, 5.74) is 3.00. The van der Waals surface area contributed by atoms with Crippen LogP contribution in [-0.4, -0.2) is 28.9 Å². The van der Waals surface area contributed by atoms with Crippen molar-refractivity contribution >= 4 is 11.9 Å². The molecule has 5 heteroatoms. The van der Waals surface area contributed by atoms with Gasteiger partial charge in [-0.15, -0.1) is 0 Å². The Kier molecular flexibility index (Phi) is 9.52. The van der Waals surface area contributed by atoms with Gasteiger partial charge < -0.3 is 10.0 Å². The molecule has 1 amide bonds. The topological polar surface area (TPSA) is 57.6 Å². The van der Waals surface area contributed by atoms with Crippen molar-refractivity contribution in [3.63, 3.8) is 0 Å². The third kappa shape index (κ3) is 7.62. The highest BCUT2D eigenvalue weighted by Crippen LogP contribution is 2.24. The van der Waals surface area contributed by atoms with Gasteiger partial charge in [0.2, 0.25) is 5.91 Å². The average Bonchev–Trinajstić information content (AvgIpc) is 2.72. The van der Waals surface area contributed by atoms with Crippen molar-refractivity contribution in [3.05, 3.63) is 59.4 Å². The largest absolute Gasteiger partial charge is 0.481 e. The van der Waals surface area contributed by atoms with Crippen molar-refractivity contribution < 1.29 is 19.1 Å². The fourth-order valence-corrected chi connectivity index (χ4v) is 3.45. The summed E-state index contributed by atoms with van der Waals surface area (Å²) < 4.78 is 14.4. The molecule has 2 aromatic carbocycles. The summed E-state index contributed by atoms with van der Waals surface area (Å²) in [6.45, 7) is 2.69. The Hall–Kier alpha value is -2.69. The number of amides is 1. The van der Waals surface area contributed by atoms with Gasteiger partial charge in [0.05, 0.1) is 0 Å².